The van der Waals surface area contributed by atoms with E-state index in [1.54, 1.807) is 19.1 Å². The highest BCUT2D eigenvalue weighted by atomic mass is 19.4. The smallest absolute Gasteiger partial charge is 0.399 e. The first-order chi connectivity index (χ1) is 8.34. The zero-order valence-electron chi connectivity index (χ0n) is 10.4. The van der Waals surface area contributed by atoms with Crippen LogP contribution in [0.25, 0.3) is 0 Å². The van der Waals surface area contributed by atoms with E-state index in [9.17, 15) is 13.2 Å². The summed E-state index contributed by atoms with van der Waals surface area (Å²) in [7, 11) is 3.30. The van der Waals surface area contributed by atoms with Crippen molar-refractivity contribution in [2.75, 3.05) is 33.0 Å². The Bertz CT molecular complexity index is 393. The van der Waals surface area contributed by atoms with Gasteiger partial charge < -0.3 is 10.5 Å². The molecule has 0 fully saturated rings. The monoisotopic (exact) mass is 262 g/mol. The van der Waals surface area contributed by atoms with E-state index in [1.807, 2.05) is 0 Å². The molecule has 0 aromatic heterocycles. The first kappa shape index (κ1) is 14.8. The molecule has 0 aliphatic carbocycles. The summed E-state index contributed by atoms with van der Waals surface area (Å²) in [5.41, 5.74) is 5.06. The predicted octanol–water partition coefficient (Wildman–Crippen LogP) is 2.37. The third-order valence-corrected chi connectivity index (χ3v) is 2.56. The lowest BCUT2D eigenvalue weighted by atomic mass is 10.1. The van der Waals surface area contributed by atoms with Crippen molar-refractivity contribution in [3.05, 3.63) is 29.3 Å². The van der Waals surface area contributed by atoms with Gasteiger partial charge in [-0.3, -0.25) is 4.90 Å². The second kappa shape index (κ2) is 6.06. The van der Waals surface area contributed by atoms with E-state index in [2.05, 4.69) is 0 Å². The highest BCUT2D eigenvalue weighted by Gasteiger charge is 2.33. The molecule has 0 saturated carbocycles. The number of halogens is 3. The molecule has 0 spiro atoms. The summed E-state index contributed by atoms with van der Waals surface area (Å²) in [6, 6.07) is 3.87. The van der Waals surface area contributed by atoms with Gasteiger partial charge in [-0.15, -0.1) is 0 Å². The van der Waals surface area contributed by atoms with Crippen molar-refractivity contribution >= 4 is 5.69 Å². The number of rotatable bonds is 5. The third kappa shape index (κ3) is 4.19. The molecule has 1 aromatic carbocycles. The molecule has 0 amide bonds. The Morgan fingerprint density at radius 3 is 2.56 bits per heavy atom. The molecular weight excluding hydrogens is 245 g/mol. The molecule has 3 nitrogen and oxygen atoms in total. The Kier molecular flexibility index (Phi) is 4.98. The van der Waals surface area contributed by atoms with Crippen LogP contribution in [0.2, 0.25) is 0 Å². The van der Waals surface area contributed by atoms with Crippen LogP contribution in [0.5, 0.6) is 0 Å². The minimum absolute atomic E-state index is 0.116. The summed E-state index contributed by atoms with van der Waals surface area (Å²) < 4.78 is 43.4. The maximum Gasteiger partial charge on any atom is 0.416 e. The molecule has 0 aliphatic heterocycles. The maximum absolute atomic E-state index is 12.8. The summed E-state index contributed by atoms with van der Waals surface area (Å²) in [5.74, 6) is 0. The van der Waals surface area contributed by atoms with Crippen LogP contribution < -0.4 is 5.73 Å². The first-order valence-electron chi connectivity index (χ1n) is 5.47. The summed E-state index contributed by atoms with van der Waals surface area (Å²) in [6.07, 6.45) is -4.38. The fraction of sp³-hybridized carbons (Fsp3) is 0.500. The van der Waals surface area contributed by atoms with Gasteiger partial charge in [0.15, 0.2) is 0 Å². The minimum Gasteiger partial charge on any atom is -0.399 e. The number of nitrogens with two attached hydrogens (primary N) is 1. The molecular formula is C12H17F3N2O. The van der Waals surface area contributed by atoms with Gasteiger partial charge >= 0.3 is 6.18 Å². The van der Waals surface area contributed by atoms with Gasteiger partial charge in [0.05, 0.1) is 12.2 Å². The molecule has 0 saturated heterocycles. The van der Waals surface area contributed by atoms with Crippen LogP contribution >= 0.6 is 0 Å². The van der Waals surface area contributed by atoms with Crippen LogP contribution in [0, 0.1) is 0 Å². The van der Waals surface area contributed by atoms with E-state index in [0.717, 1.165) is 6.07 Å². The average Bonchev–Trinajstić information content (AvgIpc) is 2.27. The number of nitrogens with zero attached hydrogens (tertiary/aromatic N) is 1. The van der Waals surface area contributed by atoms with Crippen LogP contribution in [-0.4, -0.2) is 32.2 Å². The highest BCUT2D eigenvalue weighted by Crippen LogP contribution is 2.33. The number of hydrogen-bond acceptors (Lipinski definition) is 3. The number of likely N-dealkylation sites (N-methyl/N-ethyl adjacent to an activating group) is 1. The Labute approximate surface area is 104 Å². The molecule has 0 atom stereocenters. The summed E-state index contributed by atoms with van der Waals surface area (Å²) in [6.45, 7) is 1.25. The van der Waals surface area contributed by atoms with Gasteiger partial charge in [0.1, 0.15) is 0 Å². The minimum atomic E-state index is -4.38. The van der Waals surface area contributed by atoms with Crippen LogP contribution in [0.3, 0.4) is 0 Å². The van der Waals surface area contributed by atoms with Gasteiger partial charge in [0.2, 0.25) is 0 Å². The Balaban J connectivity index is 2.88. The van der Waals surface area contributed by atoms with Gasteiger partial charge in [-0.05, 0) is 24.7 Å². The SMILES string of the molecule is COCCN(C)Cc1ccc(N)cc1C(F)(F)F. The largest absolute Gasteiger partial charge is 0.416 e. The second-order valence-electron chi connectivity index (χ2n) is 4.14. The molecule has 18 heavy (non-hydrogen) atoms. The predicted molar refractivity (Wildman–Crippen MR) is 64.1 cm³/mol. The van der Waals surface area contributed by atoms with Crippen molar-refractivity contribution in [2.24, 2.45) is 0 Å². The molecule has 0 unspecified atom stereocenters. The van der Waals surface area contributed by atoms with Crippen LogP contribution in [0.1, 0.15) is 11.1 Å². The number of anilines is 1. The zero-order chi connectivity index (χ0) is 13.8. The third-order valence-electron chi connectivity index (χ3n) is 2.56. The molecule has 1 rings (SSSR count). The van der Waals surface area contributed by atoms with Gasteiger partial charge in [-0.25, -0.2) is 0 Å². The molecule has 102 valence electrons. The van der Waals surface area contributed by atoms with Crippen molar-refractivity contribution < 1.29 is 17.9 Å². The van der Waals surface area contributed by atoms with E-state index in [0.29, 0.717) is 13.2 Å². The molecule has 6 heteroatoms. The number of alkyl halides is 3. The first-order valence-corrected chi connectivity index (χ1v) is 5.47. The van der Waals surface area contributed by atoms with Crippen molar-refractivity contribution in [2.45, 2.75) is 12.7 Å². The highest BCUT2D eigenvalue weighted by molar-refractivity contribution is 5.46. The zero-order valence-corrected chi connectivity index (χ0v) is 10.4. The lowest BCUT2D eigenvalue weighted by molar-refractivity contribution is -0.138. The van der Waals surface area contributed by atoms with Gasteiger partial charge in [-0.2, -0.15) is 13.2 Å². The van der Waals surface area contributed by atoms with Crippen molar-refractivity contribution in [1.82, 2.24) is 4.90 Å². The fourth-order valence-corrected chi connectivity index (χ4v) is 1.61. The molecule has 2 N–H and O–H groups in total. The summed E-state index contributed by atoms with van der Waals surface area (Å²) in [4.78, 5) is 1.77. The van der Waals surface area contributed by atoms with E-state index in [4.69, 9.17) is 10.5 Å². The molecule has 0 aliphatic rings. The van der Waals surface area contributed by atoms with E-state index < -0.39 is 11.7 Å². The average molecular weight is 262 g/mol. The molecule has 0 heterocycles. The lowest BCUT2D eigenvalue weighted by Gasteiger charge is -2.19. The lowest BCUT2D eigenvalue weighted by Crippen LogP contribution is -2.24. The number of nitrogen functional groups attached to an aromatic ring is 1. The van der Waals surface area contributed by atoms with Gasteiger partial charge in [0, 0.05) is 25.9 Å². The molecule has 0 radical (unpaired) electrons. The van der Waals surface area contributed by atoms with Crippen molar-refractivity contribution in [3.63, 3.8) is 0 Å². The number of benzene rings is 1. The summed E-state index contributed by atoms with van der Waals surface area (Å²) >= 11 is 0. The standard InChI is InChI=1S/C12H17F3N2O/c1-17(5-6-18-2)8-9-3-4-10(16)7-11(9)12(13,14)15/h3-4,7H,5-6,8,16H2,1-2H3. The quantitative estimate of drug-likeness (QED) is 0.828. The number of ether oxygens (including phenoxy) is 1. The van der Waals surface area contributed by atoms with E-state index in [-0.39, 0.29) is 17.8 Å². The van der Waals surface area contributed by atoms with E-state index >= 15 is 0 Å². The summed E-state index contributed by atoms with van der Waals surface area (Å²) in [5, 5.41) is 0. The topological polar surface area (TPSA) is 38.5 Å². The second-order valence-corrected chi connectivity index (χ2v) is 4.14. The van der Waals surface area contributed by atoms with Crippen LogP contribution in [-0.2, 0) is 17.5 Å². The Hall–Kier alpha value is -1.27. The Morgan fingerprint density at radius 1 is 1.33 bits per heavy atom. The normalized spacial score (nSPS) is 12.1. The van der Waals surface area contributed by atoms with Crippen LogP contribution in [0.4, 0.5) is 18.9 Å². The van der Waals surface area contributed by atoms with Gasteiger partial charge in [0.25, 0.3) is 0 Å². The molecule has 0 bridgehead atoms. The van der Waals surface area contributed by atoms with Crippen molar-refractivity contribution in [3.8, 4) is 0 Å². The number of methoxy groups -OCH3 is 1. The fourth-order valence-electron chi connectivity index (χ4n) is 1.61. The number of hydrogen-bond donors (Lipinski definition) is 1. The van der Waals surface area contributed by atoms with Crippen LogP contribution in [0.15, 0.2) is 18.2 Å². The maximum atomic E-state index is 12.8. The Morgan fingerprint density at radius 2 is 2.00 bits per heavy atom. The van der Waals surface area contributed by atoms with E-state index in [1.165, 1.54) is 12.1 Å². The van der Waals surface area contributed by atoms with Crippen molar-refractivity contribution in [1.29, 1.82) is 0 Å². The van der Waals surface area contributed by atoms with Gasteiger partial charge in [-0.1, -0.05) is 6.07 Å². The molecule has 1 aromatic rings.